The summed E-state index contributed by atoms with van der Waals surface area (Å²) in [6.45, 7) is 4.41. The Morgan fingerprint density at radius 1 is 1.17 bits per heavy atom. The van der Waals surface area contributed by atoms with E-state index >= 15 is 0 Å². The fraction of sp³-hybridized carbons (Fsp3) is 0.600. The van der Waals surface area contributed by atoms with Gasteiger partial charge in [-0.25, -0.2) is 12.7 Å². The van der Waals surface area contributed by atoms with Crippen molar-refractivity contribution >= 4 is 22.4 Å². The summed E-state index contributed by atoms with van der Waals surface area (Å²) in [6.07, 6.45) is 0.612. The Morgan fingerprint density at radius 2 is 1.74 bits per heavy atom. The van der Waals surface area contributed by atoms with Gasteiger partial charge in [-0.1, -0.05) is 13.8 Å². The van der Waals surface area contributed by atoms with Crippen LogP contribution in [0.15, 0.2) is 23.1 Å². The topological polar surface area (TPSA) is 81.9 Å². The van der Waals surface area contributed by atoms with Crippen LogP contribution in [0.25, 0.3) is 0 Å². The molecule has 0 saturated heterocycles. The summed E-state index contributed by atoms with van der Waals surface area (Å²) >= 11 is 0. The lowest BCUT2D eigenvalue weighted by molar-refractivity contribution is 0.353. The van der Waals surface area contributed by atoms with Crippen LogP contribution in [0.2, 0.25) is 0 Å². The van der Waals surface area contributed by atoms with Gasteiger partial charge in [-0.15, -0.1) is 12.4 Å². The lowest BCUT2D eigenvalue weighted by atomic mass is 10.0. The van der Waals surface area contributed by atoms with Gasteiger partial charge in [0.05, 0.1) is 19.1 Å². The minimum absolute atomic E-state index is 0. The van der Waals surface area contributed by atoms with Crippen LogP contribution in [-0.4, -0.2) is 46.6 Å². The molecule has 1 atom stereocenters. The quantitative estimate of drug-likeness (QED) is 0.762. The van der Waals surface area contributed by atoms with Crippen molar-refractivity contribution in [1.29, 1.82) is 0 Å². The molecule has 1 aromatic rings. The van der Waals surface area contributed by atoms with Crippen molar-refractivity contribution in [2.75, 3.05) is 27.8 Å². The van der Waals surface area contributed by atoms with Crippen molar-refractivity contribution < 1.29 is 17.9 Å². The van der Waals surface area contributed by atoms with Crippen LogP contribution in [0.1, 0.15) is 20.3 Å². The number of hydrogen-bond donors (Lipinski definition) is 1. The average molecular weight is 367 g/mol. The van der Waals surface area contributed by atoms with Gasteiger partial charge in [0.25, 0.3) is 0 Å². The van der Waals surface area contributed by atoms with Gasteiger partial charge in [0.15, 0.2) is 11.5 Å². The van der Waals surface area contributed by atoms with Crippen molar-refractivity contribution in [3.05, 3.63) is 18.2 Å². The third kappa shape index (κ3) is 5.53. The second-order valence-electron chi connectivity index (χ2n) is 5.54. The first-order valence-electron chi connectivity index (χ1n) is 7.18. The molecule has 1 aromatic carbocycles. The van der Waals surface area contributed by atoms with Crippen LogP contribution < -0.4 is 15.2 Å². The Bertz CT molecular complexity index is 593. The van der Waals surface area contributed by atoms with Crippen molar-refractivity contribution in [2.45, 2.75) is 31.2 Å². The molecule has 0 radical (unpaired) electrons. The number of nitrogens with two attached hydrogens (primary N) is 1. The van der Waals surface area contributed by atoms with Crippen LogP contribution in [0.3, 0.4) is 0 Å². The van der Waals surface area contributed by atoms with E-state index in [1.54, 1.807) is 13.1 Å². The number of sulfonamides is 1. The third-order valence-corrected chi connectivity index (χ3v) is 5.55. The molecule has 6 nitrogen and oxygen atoms in total. The van der Waals surface area contributed by atoms with E-state index in [0.717, 1.165) is 0 Å². The molecule has 0 heterocycles. The maximum Gasteiger partial charge on any atom is 0.242 e. The maximum absolute atomic E-state index is 12.6. The monoisotopic (exact) mass is 366 g/mol. The number of ether oxygens (including phenoxy) is 2. The van der Waals surface area contributed by atoms with Gasteiger partial charge >= 0.3 is 0 Å². The largest absolute Gasteiger partial charge is 0.493 e. The van der Waals surface area contributed by atoms with Gasteiger partial charge in [-0.2, -0.15) is 0 Å². The molecule has 0 fully saturated rings. The molecule has 0 saturated carbocycles. The highest BCUT2D eigenvalue weighted by Crippen LogP contribution is 2.30. The summed E-state index contributed by atoms with van der Waals surface area (Å²) in [5.41, 5.74) is 5.97. The fourth-order valence-corrected chi connectivity index (χ4v) is 3.14. The summed E-state index contributed by atoms with van der Waals surface area (Å²) in [4.78, 5) is 0.172. The molecule has 0 amide bonds. The molecule has 23 heavy (non-hydrogen) atoms. The minimum Gasteiger partial charge on any atom is -0.493 e. The van der Waals surface area contributed by atoms with Gasteiger partial charge in [0, 0.05) is 25.7 Å². The van der Waals surface area contributed by atoms with E-state index < -0.39 is 10.0 Å². The van der Waals surface area contributed by atoms with E-state index in [-0.39, 0.29) is 23.3 Å². The minimum atomic E-state index is -3.58. The second kappa shape index (κ2) is 9.32. The van der Waals surface area contributed by atoms with E-state index in [1.807, 2.05) is 13.8 Å². The highest BCUT2D eigenvalue weighted by Gasteiger charge is 2.23. The molecule has 1 rings (SSSR count). The molecule has 0 aliphatic carbocycles. The summed E-state index contributed by atoms with van der Waals surface area (Å²) < 4.78 is 36.7. The Kier molecular flexibility index (Phi) is 8.90. The molecule has 0 aliphatic rings. The summed E-state index contributed by atoms with van der Waals surface area (Å²) in [6, 6.07) is 4.53. The molecule has 1 unspecified atom stereocenters. The molecule has 0 aromatic heterocycles. The number of hydrogen-bond acceptors (Lipinski definition) is 5. The molecular formula is C15H27ClN2O4S. The number of halogens is 1. The second-order valence-corrected chi connectivity index (χ2v) is 7.58. The Balaban J connectivity index is 0.00000484. The first kappa shape index (κ1) is 22.0. The van der Waals surface area contributed by atoms with Gasteiger partial charge < -0.3 is 15.2 Å². The average Bonchev–Trinajstić information content (AvgIpc) is 2.50. The lowest BCUT2D eigenvalue weighted by Crippen LogP contribution is -2.34. The van der Waals surface area contributed by atoms with Crippen molar-refractivity contribution in [1.82, 2.24) is 4.31 Å². The molecule has 134 valence electrons. The Morgan fingerprint density at radius 3 is 2.22 bits per heavy atom. The zero-order chi connectivity index (χ0) is 16.9. The highest BCUT2D eigenvalue weighted by molar-refractivity contribution is 7.89. The maximum atomic E-state index is 12.6. The Labute approximate surface area is 145 Å². The van der Waals surface area contributed by atoms with Crippen molar-refractivity contribution in [3.63, 3.8) is 0 Å². The highest BCUT2D eigenvalue weighted by atomic mass is 35.5. The van der Waals surface area contributed by atoms with E-state index in [2.05, 4.69) is 0 Å². The van der Waals surface area contributed by atoms with Crippen LogP contribution in [0.5, 0.6) is 11.5 Å². The normalized spacial score (nSPS) is 12.9. The van der Waals surface area contributed by atoms with E-state index in [1.165, 1.54) is 30.7 Å². The number of methoxy groups -OCH3 is 2. The molecule has 2 N–H and O–H groups in total. The predicted octanol–water partition coefficient (Wildman–Crippen LogP) is 2.12. The number of benzene rings is 1. The van der Waals surface area contributed by atoms with Crippen LogP contribution in [0, 0.1) is 5.92 Å². The van der Waals surface area contributed by atoms with Crippen LogP contribution in [0.4, 0.5) is 0 Å². The first-order chi connectivity index (χ1) is 10.2. The van der Waals surface area contributed by atoms with Crippen LogP contribution >= 0.6 is 12.4 Å². The van der Waals surface area contributed by atoms with E-state index in [9.17, 15) is 8.42 Å². The lowest BCUT2D eigenvalue weighted by Gasteiger charge is -2.21. The van der Waals surface area contributed by atoms with Crippen molar-refractivity contribution in [3.8, 4) is 11.5 Å². The first-order valence-corrected chi connectivity index (χ1v) is 8.62. The van der Waals surface area contributed by atoms with Gasteiger partial charge in [-0.3, -0.25) is 0 Å². The third-order valence-electron chi connectivity index (χ3n) is 3.70. The molecule has 8 heteroatoms. The smallest absolute Gasteiger partial charge is 0.242 e. The number of rotatable bonds is 8. The predicted molar refractivity (Wildman–Crippen MR) is 94.0 cm³/mol. The Hall–Kier alpha value is -1.02. The zero-order valence-electron chi connectivity index (χ0n) is 14.3. The van der Waals surface area contributed by atoms with Crippen molar-refractivity contribution in [2.24, 2.45) is 11.7 Å². The molecular weight excluding hydrogens is 340 g/mol. The van der Waals surface area contributed by atoms with E-state index in [0.29, 0.717) is 30.4 Å². The van der Waals surface area contributed by atoms with E-state index in [4.69, 9.17) is 15.2 Å². The summed E-state index contributed by atoms with van der Waals surface area (Å²) in [5.74, 6) is 1.19. The van der Waals surface area contributed by atoms with Crippen LogP contribution in [-0.2, 0) is 10.0 Å². The summed E-state index contributed by atoms with van der Waals surface area (Å²) in [7, 11) is 0.956. The van der Waals surface area contributed by atoms with Gasteiger partial charge in [0.1, 0.15) is 0 Å². The molecule has 0 spiro atoms. The number of nitrogens with zero attached hydrogens (tertiary/aromatic N) is 1. The molecule has 0 bridgehead atoms. The molecule has 0 aliphatic heterocycles. The SMILES string of the molecule is COc1ccc(S(=O)(=O)N(C)CCC(N)C(C)C)cc1OC.Cl. The fourth-order valence-electron chi connectivity index (χ4n) is 1.94. The summed E-state index contributed by atoms with van der Waals surface area (Å²) in [5, 5.41) is 0. The standard InChI is InChI=1S/C15H26N2O4S.ClH/c1-11(2)13(16)8-9-17(3)22(18,19)12-6-7-14(20-4)15(10-12)21-5;/h6-7,10-11,13H,8-9,16H2,1-5H3;1H. The zero-order valence-corrected chi connectivity index (χ0v) is 15.9. The van der Waals surface area contributed by atoms with Gasteiger partial charge in [0.2, 0.25) is 10.0 Å². The van der Waals surface area contributed by atoms with Gasteiger partial charge in [-0.05, 0) is 24.5 Å².